The van der Waals surface area contributed by atoms with Gasteiger partial charge in [-0.05, 0) is 31.2 Å². The summed E-state index contributed by atoms with van der Waals surface area (Å²) >= 11 is 0. The number of aliphatic hydroxyl groups excluding tert-OH is 1. The standard InChI is InChI=1S/C16H25NO2/c1-12-5-7-14(8-6-12)9-15(19)17-11-16(3,4)10-13(2)18/h5-8,13,18H,9-11H2,1-4H3,(H,17,19). The summed E-state index contributed by atoms with van der Waals surface area (Å²) < 4.78 is 0. The van der Waals surface area contributed by atoms with Gasteiger partial charge in [0.05, 0.1) is 12.5 Å². The van der Waals surface area contributed by atoms with Crippen LogP contribution < -0.4 is 5.32 Å². The molecule has 0 aliphatic rings. The van der Waals surface area contributed by atoms with E-state index in [0.29, 0.717) is 19.4 Å². The second kappa shape index (κ2) is 6.71. The molecule has 1 aromatic rings. The first kappa shape index (κ1) is 15.7. The van der Waals surface area contributed by atoms with Crippen LogP contribution in [0.3, 0.4) is 0 Å². The molecule has 1 amide bonds. The van der Waals surface area contributed by atoms with E-state index in [0.717, 1.165) is 5.56 Å². The van der Waals surface area contributed by atoms with E-state index >= 15 is 0 Å². The van der Waals surface area contributed by atoms with E-state index in [4.69, 9.17) is 0 Å². The van der Waals surface area contributed by atoms with Crippen molar-refractivity contribution in [1.29, 1.82) is 0 Å². The van der Waals surface area contributed by atoms with E-state index < -0.39 is 0 Å². The van der Waals surface area contributed by atoms with Crippen LogP contribution >= 0.6 is 0 Å². The Morgan fingerprint density at radius 1 is 1.32 bits per heavy atom. The Kier molecular flexibility index (Phi) is 5.55. The van der Waals surface area contributed by atoms with Gasteiger partial charge in [-0.1, -0.05) is 43.7 Å². The molecule has 0 saturated heterocycles. The van der Waals surface area contributed by atoms with Crippen molar-refractivity contribution in [3.8, 4) is 0 Å². The van der Waals surface area contributed by atoms with Crippen LogP contribution in [0.15, 0.2) is 24.3 Å². The van der Waals surface area contributed by atoms with E-state index in [2.05, 4.69) is 5.32 Å². The van der Waals surface area contributed by atoms with Crippen molar-refractivity contribution >= 4 is 5.91 Å². The van der Waals surface area contributed by atoms with Crippen molar-refractivity contribution in [2.75, 3.05) is 6.54 Å². The number of carbonyl (C=O) groups excluding carboxylic acids is 1. The number of aryl methyl sites for hydroxylation is 1. The zero-order chi connectivity index (χ0) is 14.5. The molecule has 0 bridgehead atoms. The van der Waals surface area contributed by atoms with Gasteiger partial charge in [0.2, 0.25) is 5.91 Å². The first-order valence-electron chi connectivity index (χ1n) is 6.79. The van der Waals surface area contributed by atoms with E-state index in [1.807, 2.05) is 45.0 Å². The van der Waals surface area contributed by atoms with Crippen molar-refractivity contribution in [2.24, 2.45) is 5.41 Å². The zero-order valence-electron chi connectivity index (χ0n) is 12.4. The van der Waals surface area contributed by atoms with E-state index in [1.54, 1.807) is 6.92 Å². The molecule has 0 spiro atoms. The minimum Gasteiger partial charge on any atom is -0.393 e. The van der Waals surface area contributed by atoms with Crippen molar-refractivity contribution in [3.63, 3.8) is 0 Å². The lowest BCUT2D eigenvalue weighted by atomic mass is 9.87. The van der Waals surface area contributed by atoms with Crippen molar-refractivity contribution in [2.45, 2.75) is 46.6 Å². The number of carbonyl (C=O) groups is 1. The molecular weight excluding hydrogens is 238 g/mol. The van der Waals surface area contributed by atoms with E-state index in [1.165, 1.54) is 5.56 Å². The zero-order valence-corrected chi connectivity index (χ0v) is 12.4. The van der Waals surface area contributed by atoms with Gasteiger partial charge in [0.15, 0.2) is 0 Å². The molecule has 3 nitrogen and oxygen atoms in total. The predicted molar refractivity (Wildman–Crippen MR) is 78.0 cm³/mol. The highest BCUT2D eigenvalue weighted by Crippen LogP contribution is 2.21. The molecule has 1 aromatic carbocycles. The quantitative estimate of drug-likeness (QED) is 0.828. The minimum absolute atomic E-state index is 0.0301. The van der Waals surface area contributed by atoms with Gasteiger partial charge in [0.25, 0.3) is 0 Å². The Morgan fingerprint density at radius 3 is 2.42 bits per heavy atom. The summed E-state index contributed by atoms with van der Waals surface area (Å²) in [6.45, 7) is 8.48. The first-order chi connectivity index (χ1) is 8.78. The molecular formula is C16H25NO2. The Bertz CT molecular complexity index is 407. The van der Waals surface area contributed by atoms with E-state index in [9.17, 15) is 9.90 Å². The number of rotatable bonds is 6. The highest BCUT2D eigenvalue weighted by molar-refractivity contribution is 5.78. The third-order valence-corrected chi connectivity index (χ3v) is 3.10. The molecule has 2 N–H and O–H groups in total. The molecule has 0 aromatic heterocycles. The third-order valence-electron chi connectivity index (χ3n) is 3.10. The van der Waals surface area contributed by atoms with Crippen LogP contribution in [0, 0.1) is 12.3 Å². The highest BCUT2D eigenvalue weighted by Gasteiger charge is 2.20. The number of benzene rings is 1. The largest absolute Gasteiger partial charge is 0.393 e. The van der Waals surface area contributed by atoms with Crippen LogP contribution in [-0.4, -0.2) is 23.7 Å². The summed E-state index contributed by atoms with van der Waals surface area (Å²) in [5, 5.41) is 12.3. The van der Waals surface area contributed by atoms with Crippen molar-refractivity contribution in [3.05, 3.63) is 35.4 Å². The smallest absolute Gasteiger partial charge is 0.224 e. The molecule has 1 atom stereocenters. The molecule has 0 heterocycles. The second-order valence-electron chi connectivity index (χ2n) is 6.16. The highest BCUT2D eigenvalue weighted by atomic mass is 16.3. The maximum Gasteiger partial charge on any atom is 0.224 e. The van der Waals surface area contributed by atoms with Crippen LogP contribution in [0.5, 0.6) is 0 Å². The Hall–Kier alpha value is -1.35. The SMILES string of the molecule is Cc1ccc(CC(=O)NCC(C)(C)CC(C)O)cc1. The monoisotopic (exact) mass is 263 g/mol. The molecule has 3 heteroatoms. The molecule has 19 heavy (non-hydrogen) atoms. The van der Waals surface area contributed by atoms with Gasteiger partial charge in [-0.3, -0.25) is 4.79 Å². The number of amides is 1. The number of nitrogens with one attached hydrogen (secondary N) is 1. The maximum atomic E-state index is 11.9. The van der Waals surface area contributed by atoms with Crippen LogP contribution in [-0.2, 0) is 11.2 Å². The van der Waals surface area contributed by atoms with Gasteiger partial charge < -0.3 is 10.4 Å². The summed E-state index contributed by atoms with van der Waals surface area (Å²) in [5.74, 6) is 0.0301. The average molecular weight is 263 g/mol. The maximum absolute atomic E-state index is 11.9. The van der Waals surface area contributed by atoms with E-state index in [-0.39, 0.29) is 17.4 Å². The summed E-state index contributed by atoms with van der Waals surface area (Å²) in [4.78, 5) is 11.9. The Morgan fingerprint density at radius 2 is 1.89 bits per heavy atom. The third kappa shape index (κ3) is 6.39. The molecule has 1 unspecified atom stereocenters. The lowest BCUT2D eigenvalue weighted by Crippen LogP contribution is -2.36. The summed E-state index contributed by atoms with van der Waals surface area (Å²) in [6.07, 6.45) is 0.743. The minimum atomic E-state index is -0.344. The number of hydrogen-bond acceptors (Lipinski definition) is 2. The van der Waals surface area contributed by atoms with Gasteiger partial charge in [-0.2, -0.15) is 0 Å². The molecule has 1 rings (SSSR count). The molecule has 0 fully saturated rings. The van der Waals surface area contributed by atoms with Gasteiger partial charge in [0.1, 0.15) is 0 Å². The Labute approximate surface area is 116 Å². The van der Waals surface area contributed by atoms with Gasteiger partial charge >= 0.3 is 0 Å². The summed E-state index contributed by atoms with van der Waals surface area (Å²) in [7, 11) is 0. The van der Waals surface area contributed by atoms with Gasteiger partial charge in [0, 0.05) is 6.54 Å². The molecule has 0 radical (unpaired) electrons. The molecule has 0 saturated carbocycles. The fourth-order valence-electron chi connectivity index (χ4n) is 2.16. The van der Waals surface area contributed by atoms with Crippen molar-refractivity contribution < 1.29 is 9.90 Å². The molecule has 0 aliphatic heterocycles. The molecule has 106 valence electrons. The van der Waals surface area contributed by atoms with Gasteiger partial charge in [-0.25, -0.2) is 0 Å². The number of aliphatic hydroxyl groups is 1. The Balaban J connectivity index is 2.41. The summed E-state index contributed by atoms with van der Waals surface area (Å²) in [6, 6.07) is 7.99. The lowest BCUT2D eigenvalue weighted by Gasteiger charge is -2.26. The lowest BCUT2D eigenvalue weighted by molar-refractivity contribution is -0.121. The van der Waals surface area contributed by atoms with Gasteiger partial charge in [-0.15, -0.1) is 0 Å². The average Bonchev–Trinajstić information content (AvgIpc) is 2.28. The fraction of sp³-hybridized carbons (Fsp3) is 0.562. The van der Waals surface area contributed by atoms with Crippen LogP contribution in [0.25, 0.3) is 0 Å². The van der Waals surface area contributed by atoms with Crippen LogP contribution in [0.4, 0.5) is 0 Å². The molecule has 0 aliphatic carbocycles. The first-order valence-corrected chi connectivity index (χ1v) is 6.79. The number of hydrogen-bond donors (Lipinski definition) is 2. The fourth-order valence-corrected chi connectivity index (χ4v) is 2.16. The topological polar surface area (TPSA) is 49.3 Å². The second-order valence-corrected chi connectivity index (χ2v) is 6.16. The van der Waals surface area contributed by atoms with Crippen LogP contribution in [0.1, 0.15) is 38.3 Å². The van der Waals surface area contributed by atoms with Crippen molar-refractivity contribution in [1.82, 2.24) is 5.32 Å². The normalized spacial score (nSPS) is 13.1. The van der Waals surface area contributed by atoms with Crippen LogP contribution in [0.2, 0.25) is 0 Å². The summed E-state index contributed by atoms with van der Waals surface area (Å²) in [5.41, 5.74) is 2.13. The predicted octanol–water partition coefficient (Wildman–Crippen LogP) is 2.45.